The molecule has 1 aromatic heterocycles. The van der Waals surface area contributed by atoms with Gasteiger partial charge in [0.2, 0.25) is 0 Å². The molecular weight excluding hydrogens is 274 g/mol. The number of morpholine rings is 1. The average Bonchev–Trinajstić information content (AvgIpc) is 2.80. The highest BCUT2D eigenvalue weighted by molar-refractivity contribution is 9.09. The smallest absolute Gasteiger partial charge is 0.289 e. The zero-order chi connectivity index (χ0) is 11.5. The summed E-state index contributed by atoms with van der Waals surface area (Å²) < 4.78 is 10.8. The van der Waals surface area contributed by atoms with Gasteiger partial charge in [-0.15, -0.1) is 0 Å². The number of carbonyl (C=O) groups is 1. The lowest BCUT2D eigenvalue weighted by Gasteiger charge is -2.35. The second kappa shape index (κ2) is 5.01. The minimum atomic E-state index is -0.0638. The van der Waals surface area contributed by atoms with Gasteiger partial charge in [0.05, 0.1) is 18.5 Å². The zero-order valence-corrected chi connectivity index (χ0v) is 10.6. The van der Waals surface area contributed by atoms with Gasteiger partial charge in [-0.05, 0) is 19.1 Å². The molecule has 16 heavy (non-hydrogen) atoms. The summed E-state index contributed by atoms with van der Waals surface area (Å²) in [5, 5.41) is 0.735. The van der Waals surface area contributed by atoms with Crippen LogP contribution in [0.25, 0.3) is 0 Å². The molecule has 1 aliphatic heterocycles. The average molecular weight is 288 g/mol. The molecule has 0 N–H and O–H groups in total. The molecule has 0 spiro atoms. The van der Waals surface area contributed by atoms with Crippen LogP contribution in [-0.4, -0.2) is 41.4 Å². The highest BCUT2D eigenvalue weighted by Gasteiger charge is 2.29. The summed E-state index contributed by atoms with van der Waals surface area (Å²) >= 11 is 3.38. The number of hydrogen-bond acceptors (Lipinski definition) is 3. The third-order valence-corrected chi connectivity index (χ3v) is 3.24. The highest BCUT2D eigenvalue weighted by atomic mass is 79.9. The Hall–Kier alpha value is -0.810. The number of carbonyl (C=O) groups excluding carboxylic acids is 1. The van der Waals surface area contributed by atoms with E-state index in [0.717, 1.165) is 5.33 Å². The molecule has 2 rings (SSSR count). The first-order valence-corrected chi connectivity index (χ1v) is 6.37. The molecule has 0 saturated carbocycles. The lowest BCUT2D eigenvalue weighted by molar-refractivity contribution is -0.0566. The number of ether oxygens (including phenoxy) is 1. The summed E-state index contributed by atoms with van der Waals surface area (Å²) in [6, 6.07) is 3.41. The van der Waals surface area contributed by atoms with Gasteiger partial charge in [0.25, 0.3) is 5.91 Å². The van der Waals surface area contributed by atoms with E-state index >= 15 is 0 Å². The first kappa shape index (κ1) is 11.7. The van der Waals surface area contributed by atoms with Crippen LogP contribution >= 0.6 is 15.9 Å². The highest BCUT2D eigenvalue weighted by Crippen LogP contribution is 2.16. The van der Waals surface area contributed by atoms with Gasteiger partial charge in [0, 0.05) is 18.4 Å². The molecule has 0 radical (unpaired) electrons. The lowest BCUT2D eigenvalue weighted by Crippen LogP contribution is -2.49. The van der Waals surface area contributed by atoms with E-state index < -0.39 is 0 Å². The van der Waals surface area contributed by atoms with Crippen molar-refractivity contribution in [1.82, 2.24) is 4.90 Å². The Kier molecular flexibility index (Phi) is 3.66. The molecule has 0 aliphatic carbocycles. The second-order valence-electron chi connectivity index (χ2n) is 3.91. The van der Waals surface area contributed by atoms with Crippen molar-refractivity contribution in [1.29, 1.82) is 0 Å². The number of amides is 1. The third-order valence-electron chi connectivity index (χ3n) is 2.52. The summed E-state index contributed by atoms with van der Waals surface area (Å²) in [6.45, 7) is 3.19. The standard InChI is InChI=1S/C11H14BrNO3/c1-8-6-13(7-9(5-12)16-8)11(14)10-3-2-4-15-10/h2-4,8-9H,5-7H2,1H3. The summed E-state index contributed by atoms with van der Waals surface area (Å²) in [4.78, 5) is 13.8. The van der Waals surface area contributed by atoms with Crippen LogP contribution in [0.15, 0.2) is 22.8 Å². The topological polar surface area (TPSA) is 42.7 Å². The van der Waals surface area contributed by atoms with Crippen LogP contribution in [0.2, 0.25) is 0 Å². The van der Waals surface area contributed by atoms with Crippen LogP contribution in [0.3, 0.4) is 0 Å². The lowest BCUT2D eigenvalue weighted by atomic mass is 10.2. The van der Waals surface area contributed by atoms with Gasteiger partial charge >= 0.3 is 0 Å². The Morgan fingerprint density at radius 1 is 1.62 bits per heavy atom. The van der Waals surface area contributed by atoms with Crippen molar-refractivity contribution < 1.29 is 13.9 Å². The Bertz CT molecular complexity index is 352. The summed E-state index contributed by atoms with van der Waals surface area (Å²) in [7, 11) is 0. The molecule has 1 aliphatic rings. The maximum atomic E-state index is 12.0. The first-order valence-electron chi connectivity index (χ1n) is 5.25. The van der Waals surface area contributed by atoms with Gasteiger partial charge in [0.15, 0.2) is 5.76 Å². The quantitative estimate of drug-likeness (QED) is 0.781. The molecular formula is C11H14BrNO3. The normalized spacial score (nSPS) is 25.8. The Balaban J connectivity index is 2.06. The van der Waals surface area contributed by atoms with E-state index in [2.05, 4.69) is 15.9 Å². The van der Waals surface area contributed by atoms with Crippen LogP contribution in [-0.2, 0) is 4.74 Å². The predicted octanol–water partition coefficient (Wildman–Crippen LogP) is 1.90. The number of alkyl halides is 1. The molecule has 5 heteroatoms. The number of hydrogen-bond donors (Lipinski definition) is 0. The van der Waals surface area contributed by atoms with E-state index in [1.54, 1.807) is 17.0 Å². The van der Waals surface area contributed by atoms with Crippen LogP contribution in [0, 0.1) is 0 Å². The monoisotopic (exact) mass is 287 g/mol. The molecule has 0 aromatic carbocycles. The van der Waals surface area contributed by atoms with Gasteiger partial charge in [-0.25, -0.2) is 0 Å². The number of furan rings is 1. The summed E-state index contributed by atoms with van der Waals surface area (Å²) in [5.74, 6) is 0.327. The minimum absolute atomic E-state index is 0.0580. The van der Waals surface area contributed by atoms with Gasteiger partial charge in [-0.2, -0.15) is 0 Å². The maximum absolute atomic E-state index is 12.0. The molecule has 1 saturated heterocycles. The first-order chi connectivity index (χ1) is 7.70. The number of halogens is 1. The van der Waals surface area contributed by atoms with Gasteiger partial charge < -0.3 is 14.1 Å². The molecule has 88 valence electrons. The third kappa shape index (κ3) is 2.47. The molecule has 1 fully saturated rings. The zero-order valence-electron chi connectivity index (χ0n) is 9.06. The van der Waals surface area contributed by atoms with E-state index in [9.17, 15) is 4.79 Å². The van der Waals surface area contributed by atoms with Gasteiger partial charge in [-0.1, -0.05) is 15.9 Å². The SMILES string of the molecule is CC1CN(C(=O)c2ccco2)CC(CBr)O1. The number of nitrogens with zero attached hydrogens (tertiary/aromatic N) is 1. The predicted molar refractivity (Wildman–Crippen MR) is 62.7 cm³/mol. The molecule has 1 amide bonds. The van der Waals surface area contributed by atoms with Crippen molar-refractivity contribution in [3.8, 4) is 0 Å². The van der Waals surface area contributed by atoms with Crippen molar-refractivity contribution >= 4 is 21.8 Å². The summed E-state index contributed by atoms with van der Waals surface area (Å²) in [6.07, 6.45) is 1.64. The molecule has 2 unspecified atom stereocenters. The number of rotatable bonds is 2. The van der Waals surface area contributed by atoms with Crippen molar-refractivity contribution in [2.45, 2.75) is 19.1 Å². The summed E-state index contributed by atoms with van der Waals surface area (Å²) in [5.41, 5.74) is 0. The fourth-order valence-electron chi connectivity index (χ4n) is 1.85. The maximum Gasteiger partial charge on any atom is 0.289 e. The fourth-order valence-corrected chi connectivity index (χ4v) is 2.21. The van der Waals surface area contributed by atoms with Crippen LogP contribution in [0.4, 0.5) is 0 Å². The van der Waals surface area contributed by atoms with Gasteiger partial charge in [-0.3, -0.25) is 4.79 Å². The van der Waals surface area contributed by atoms with E-state index in [0.29, 0.717) is 18.8 Å². The minimum Gasteiger partial charge on any atom is -0.459 e. The molecule has 0 bridgehead atoms. The second-order valence-corrected chi connectivity index (χ2v) is 4.56. The Labute approximate surface area is 103 Å². The van der Waals surface area contributed by atoms with E-state index in [-0.39, 0.29) is 18.1 Å². The van der Waals surface area contributed by atoms with Crippen LogP contribution in [0.5, 0.6) is 0 Å². The Morgan fingerprint density at radius 2 is 2.44 bits per heavy atom. The van der Waals surface area contributed by atoms with Crippen LogP contribution in [0.1, 0.15) is 17.5 Å². The van der Waals surface area contributed by atoms with Crippen molar-refractivity contribution in [2.75, 3.05) is 18.4 Å². The van der Waals surface area contributed by atoms with E-state index in [4.69, 9.17) is 9.15 Å². The van der Waals surface area contributed by atoms with E-state index in [1.165, 1.54) is 6.26 Å². The van der Waals surface area contributed by atoms with Crippen LogP contribution < -0.4 is 0 Å². The van der Waals surface area contributed by atoms with Gasteiger partial charge in [0.1, 0.15) is 0 Å². The largest absolute Gasteiger partial charge is 0.459 e. The van der Waals surface area contributed by atoms with Crippen molar-refractivity contribution in [3.63, 3.8) is 0 Å². The fraction of sp³-hybridized carbons (Fsp3) is 0.545. The molecule has 2 heterocycles. The molecule has 1 aromatic rings. The van der Waals surface area contributed by atoms with Crippen molar-refractivity contribution in [3.05, 3.63) is 24.2 Å². The Morgan fingerprint density at radius 3 is 3.06 bits per heavy atom. The van der Waals surface area contributed by atoms with Crippen molar-refractivity contribution in [2.24, 2.45) is 0 Å². The van der Waals surface area contributed by atoms with E-state index in [1.807, 2.05) is 6.92 Å². The molecule has 2 atom stereocenters. The molecule has 4 nitrogen and oxygen atoms in total.